The lowest BCUT2D eigenvalue weighted by Crippen LogP contribution is -2.23. The monoisotopic (exact) mass is 255 g/mol. The number of hydrogen-bond donors (Lipinski definition) is 1. The highest BCUT2D eigenvalue weighted by Gasteiger charge is 2.22. The molecule has 0 aliphatic carbocycles. The third-order valence-electron chi connectivity index (χ3n) is 2.75. The Morgan fingerprint density at radius 3 is 2.35 bits per heavy atom. The van der Waals surface area contributed by atoms with Crippen molar-refractivity contribution in [3.8, 4) is 0 Å². The maximum Gasteiger partial charge on any atom is 0.227 e. The summed E-state index contributed by atoms with van der Waals surface area (Å²) >= 11 is 0. The van der Waals surface area contributed by atoms with E-state index in [0.29, 0.717) is 18.7 Å². The van der Waals surface area contributed by atoms with E-state index in [-0.39, 0.29) is 10.8 Å². The zero-order valence-corrected chi connectivity index (χ0v) is 9.98. The van der Waals surface area contributed by atoms with Crippen LogP contribution < -0.4 is 4.90 Å². The van der Waals surface area contributed by atoms with Gasteiger partial charge in [0.1, 0.15) is 5.94 Å². The summed E-state index contributed by atoms with van der Waals surface area (Å²) < 4.78 is 22.7. The Balaban J connectivity index is 2.27. The first-order chi connectivity index (χ1) is 8.04. The van der Waals surface area contributed by atoms with Crippen molar-refractivity contribution in [3.63, 3.8) is 0 Å². The fraction of sp³-hybridized carbons (Fsp3) is 0.364. The van der Waals surface area contributed by atoms with Gasteiger partial charge in [-0.2, -0.15) is 0 Å². The van der Waals surface area contributed by atoms with Gasteiger partial charge >= 0.3 is 0 Å². The summed E-state index contributed by atoms with van der Waals surface area (Å²) in [6, 6.07) is 6.00. The Kier molecular flexibility index (Phi) is 3.17. The normalized spacial score (nSPS) is 16.5. The second kappa shape index (κ2) is 4.46. The highest BCUT2D eigenvalue weighted by atomic mass is 32.2. The number of aliphatic hydroxyl groups is 1. The number of amides is 1. The van der Waals surface area contributed by atoms with E-state index in [0.717, 1.165) is 6.42 Å². The van der Waals surface area contributed by atoms with Crippen LogP contribution >= 0.6 is 0 Å². The second-order valence-electron chi connectivity index (χ2n) is 3.89. The smallest absolute Gasteiger partial charge is 0.227 e. The number of nitrogens with zero attached hydrogens (tertiary/aromatic N) is 1. The molecule has 0 atom stereocenters. The summed E-state index contributed by atoms with van der Waals surface area (Å²) in [6.45, 7) is 0.672. The van der Waals surface area contributed by atoms with Crippen molar-refractivity contribution >= 4 is 21.4 Å². The van der Waals surface area contributed by atoms with Crippen LogP contribution in [-0.2, 0) is 14.6 Å². The first-order valence-corrected chi connectivity index (χ1v) is 6.94. The summed E-state index contributed by atoms with van der Waals surface area (Å²) in [6.07, 6.45) is 1.37. The molecule has 1 saturated heterocycles. The lowest BCUT2D eigenvalue weighted by atomic mass is 10.3. The van der Waals surface area contributed by atoms with Crippen LogP contribution in [0.5, 0.6) is 0 Å². The molecule has 0 bridgehead atoms. The van der Waals surface area contributed by atoms with Crippen molar-refractivity contribution in [1.82, 2.24) is 0 Å². The molecular formula is C11H13NO4S. The van der Waals surface area contributed by atoms with Crippen LogP contribution in [0.25, 0.3) is 0 Å². The fourth-order valence-electron chi connectivity index (χ4n) is 1.83. The van der Waals surface area contributed by atoms with E-state index in [1.807, 2.05) is 0 Å². The molecule has 1 amide bonds. The van der Waals surface area contributed by atoms with Crippen LogP contribution in [0.2, 0.25) is 0 Å². The van der Waals surface area contributed by atoms with E-state index in [1.165, 1.54) is 12.1 Å². The van der Waals surface area contributed by atoms with Crippen LogP contribution in [-0.4, -0.2) is 31.9 Å². The Labute approximate surface area is 99.6 Å². The van der Waals surface area contributed by atoms with Gasteiger partial charge < -0.3 is 10.0 Å². The minimum Gasteiger partial charge on any atom is -0.380 e. The van der Waals surface area contributed by atoms with Gasteiger partial charge in [-0.05, 0) is 30.7 Å². The van der Waals surface area contributed by atoms with Crippen LogP contribution in [0.3, 0.4) is 0 Å². The molecular weight excluding hydrogens is 242 g/mol. The van der Waals surface area contributed by atoms with Gasteiger partial charge in [-0.25, -0.2) is 8.42 Å². The Morgan fingerprint density at radius 2 is 1.88 bits per heavy atom. The lowest BCUT2D eigenvalue weighted by molar-refractivity contribution is -0.117. The molecule has 17 heavy (non-hydrogen) atoms. The number of benzene rings is 1. The quantitative estimate of drug-likeness (QED) is 0.855. The van der Waals surface area contributed by atoms with Crippen LogP contribution in [0, 0.1) is 0 Å². The van der Waals surface area contributed by atoms with E-state index < -0.39 is 15.8 Å². The van der Waals surface area contributed by atoms with E-state index in [4.69, 9.17) is 5.11 Å². The predicted octanol–water partition coefficient (Wildman–Crippen LogP) is 0.537. The van der Waals surface area contributed by atoms with Crippen molar-refractivity contribution in [2.24, 2.45) is 0 Å². The van der Waals surface area contributed by atoms with E-state index in [2.05, 4.69) is 0 Å². The average molecular weight is 255 g/mol. The van der Waals surface area contributed by atoms with Gasteiger partial charge in [-0.3, -0.25) is 4.79 Å². The third kappa shape index (κ3) is 2.32. The first kappa shape index (κ1) is 12.1. The van der Waals surface area contributed by atoms with Crippen LogP contribution in [0.15, 0.2) is 29.2 Å². The van der Waals surface area contributed by atoms with Gasteiger partial charge in [0, 0.05) is 18.7 Å². The number of aliphatic hydroxyl groups excluding tert-OH is 1. The summed E-state index contributed by atoms with van der Waals surface area (Å²) in [4.78, 5) is 13.2. The number of carbonyl (C=O) groups is 1. The van der Waals surface area contributed by atoms with Gasteiger partial charge in [-0.15, -0.1) is 0 Å². The molecule has 1 fully saturated rings. The molecule has 6 heteroatoms. The maximum atomic E-state index is 11.5. The number of hydrogen-bond acceptors (Lipinski definition) is 4. The molecule has 1 aliphatic rings. The van der Waals surface area contributed by atoms with E-state index >= 15 is 0 Å². The Bertz CT molecular complexity index is 521. The molecule has 2 rings (SSSR count). The lowest BCUT2D eigenvalue weighted by Gasteiger charge is -2.15. The van der Waals surface area contributed by atoms with Gasteiger partial charge in [0.25, 0.3) is 0 Å². The summed E-state index contributed by atoms with van der Waals surface area (Å²) in [5, 5.41) is 8.72. The highest BCUT2D eigenvalue weighted by Crippen LogP contribution is 2.23. The number of rotatable bonds is 3. The van der Waals surface area contributed by atoms with Crippen molar-refractivity contribution < 1.29 is 18.3 Å². The molecule has 1 N–H and O–H groups in total. The summed E-state index contributed by atoms with van der Waals surface area (Å²) in [5.74, 6) is -0.850. The largest absolute Gasteiger partial charge is 0.380 e. The zero-order valence-electron chi connectivity index (χ0n) is 9.17. The minimum atomic E-state index is -3.60. The second-order valence-corrected chi connectivity index (χ2v) is 5.85. The molecule has 1 aromatic rings. The predicted molar refractivity (Wildman–Crippen MR) is 62.3 cm³/mol. The standard InChI is InChI=1S/C11H13NO4S/c13-8-17(15,16)10-5-3-9(4-6-10)12-7-1-2-11(12)14/h3-6,13H,1-2,7-8H2. The minimum absolute atomic E-state index is 0.0581. The Morgan fingerprint density at radius 1 is 1.24 bits per heavy atom. The Hall–Kier alpha value is -1.40. The first-order valence-electron chi connectivity index (χ1n) is 5.28. The average Bonchev–Trinajstić information content (AvgIpc) is 2.76. The highest BCUT2D eigenvalue weighted by molar-refractivity contribution is 7.91. The van der Waals surface area contributed by atoms with Gasteiger partial charge in [-0.1, -0.05) is 0 Å². The molecule has 1 aliphatic heterocycles. The number of sulfone groups is 1. The SMILES string of the molecule is O=C1CCCN1c1ccc(S(=O)(=O)CO)cc1. The molecule has 5 nitrogen and oxygen atoms in total. The number of anilines is 1. The van der Waals surface area contributed by atoms with Gasteiger partial charge in [0.05, 0.1) is 4.90 Å². The maximum absolute atomic E-state index is 11.5. The van der Waals surface area contributed by atoms with Gasteiger partial charge in [0.15, 0.2) is 0 Å². The molecule has 1 aromatic carbocycles. The molecule has 0 spiro atoms. The molecule has 0 aromatic heterocycles. The summed E-state index contributed by atoms with van der Waals surface area (Å²) in [5.41, 5.74) is 0.699. The molecule has 92 valence electrons. The third-order valence-corrected chi connectivity index (χ3v) is 4.08. The van der Waals surface area contributed by atoms with Gasteiger partial charge in [0.2, 0.25) is 15.7 Å². The van der Waals surface area contributed by atoms with Crippen LogP contribution in [0.4, 0.5) is 5.69 Å². The zero-order chi connectivity index (χ0) is 12.5. The van der Waals surface area contributed by atoms with Crippen LogP contribution in [0.1, 0.15) is 12.8 Å². The molecule has 0 radical (unpaired) electrons. The van der Waals surface area contributed by atoms with Crippen molar-refractivity contribution in [2.75, 3.05) is 17.4 Å². The van der Waals surface area contributed by atoms with Crippen molar-refractivity contribution in [2.45, 2.75) is 17.7 Å². The van der Waals surface area contributed by atoms with E-state index in [9.17, 15) is 13.2 Å². The molecule has 0 saturated carbocycles. The topological polar surface area (TPSA) is 74.7 Å². The summed E-state index contributed by atoms with van der Waals surface area (Å²) in [7, 11) is -3.60. The molecule has 1 heterocycles. The van der Waals surface area contributed by atoms with E-state index in [1.54, 1.807) is 17.0 Å². The van der Waals surface area contributed by atoms with Crippen molar-refractivity contribution in [1.29, 1.82) is 0 Å². The fourth-order valence-corrected chi connectivity index (χ4v) is 2.53. The van der Waals surface area contributed by atoms with Crippen molar-refractivity contribution in [3.05, 3.63) is 24.3 Å². The number of carbonyl (C=O) groups excluding carboxylic acids is 1. The molecule has 0 unspecified atom stereocenters.